The number of morpholine rings is 1. The number of carbonyl (C=O) groups excluding carboxylic acids is 1. The van der Waals surface area contributed by atoms with Crippen molar-refractivity contribution in [2.24, 2.45) is 5.92 Å². The number of amides is 1. The summed E-state index contributed by atoms with van der Waals surface area (Å²) in [7, 11) is 0. The molecule has 0 spiro atoms. The third-order valence-corrected chi connectivity index (χ3v) is 2.42. The molecular formula is C8H15ClN2O2. The zero-order chi connectivity index (χ0) is 9.68. The van der Waals surface area contributed by atoms with Gasteiger partial charge in [0.25, 0.3) is 0 Å². The van der Waals surface area contributed by atoms with Crippen LogP contribution in [-0.2, 0) is 9.53 Å². The normalized spacial score (nSPS) is 21.1. The molecule has 0 aromatic rings. The molecule has 76 valence electrons. The SMILES string of the molecule is CC(CCl)C(=O)NN1CCOCC1. The lowest BCUT2D eigenvalue weighted by Gasteiger charge is -2.27. The minimum atomic E-state index is -0.135. The first-order chi connectivity index (χ1) is 6.24. The maximum absolute atomic E-state index is 11.4. The summed E-state index contributed by atoms with van der Waals surface area (Å²) in [6.07, 6.45) is 0. The monoisotopic (exact) mass is 206 g/mol. The standard InChI is InChI=1S/C8H15ClN2O2/c1-7(6-9)8(12)10-11-2-4-13-5-3-11/h7H,2-6H2,1H3,(H,10,12). The summed E-state index contributed by atoms with van der Waals surface area (Å²) in [5, 5.41) is 1.87. The Labute approximate surface area is 83.1 Å². The molecular weight excluding hydrogens is 192 g/mol. The van der Waals surface area contributed by atoms with Gasteiger partial charge in [0, 0.05) is 24.9 Å². The molecule has 0 aliphatic carbocycles. The van der Waals surface area contributed by atoms with E-state index in [0.29, 0.717) is 19.1 Å². The molecule has 1 rings (SSSR count). The van der Waals surface area contributed by atoms with Crippen LogP contribution < -0.4 is 5.43 Å². The summed E-state index contributed by atoms with van der Waals surface area (Å²) in [4.78, 5) is 11.4. The third-order valence-electron chi connectivity index (χ3n) is 1.96. The van der Waals surface area contributed by atoms with E-state index in [-0.39, 0.29) is 11.8 Å². The minimum Gasteiger partial charge on any atom is -0.379 e. The van der Waals surface area contributed by atoms with Crippen molar-refractivity contribution in [3.05, 3.63) is 0 Å². The second kappa shape index (κ2) is 5.42. The van der Waals surface area contributed by atoms with Gasteiger partial charge in [-0.3, -0.25) is 10.2 Å². The molecule has 1 N–H and O–H groups in total. The van der Waals surface area contributed by atoms with Gasteiger partial charge in [-0.25, -0.2) is 5.01 Å². The summed E-state index contributed by atoms with van der Waals surface area (Å²) in [5.74, 6) is 0.206. The molecule has 1 heterocycles. The molecule has 4 nitrogen and oxygen atoms in total. The molecule has 1 aliphatic rings. The quantitative estimate of drug-likeness (QED) is 0.672. The molecule has 13 heavy (non-hydrogen) atoms. The van der Waals surface area contributed by atoms with E-state index in [1.54, 1.807) is 0 Å². The predicted molar refractivity (Wildman–Crippen MR) is 50.4 cm³/mol. The first-order valence-corrected chi connectivity index (χ1v) is 4.96. The Morgan fingerprint density at radius 2 is 2.23 bits per heavy atom. The first-order valence-electron chi connectivity index (χ1n) is 4.43. The molecule has 0 bridgehead atoms. The van der Waals surface area contributed by atoms with E-state index in [0.717, 1.165) is 13.1 Å². The van der Waals surface area contributed by atoms with E-state index in [1.165, 1.54) is 0 Å². The average molecular weight is 207 g/mol. The van der Waals surface area contributed by atoms with Crippen LogP contribution >= 0.6 is 11.6 Å². The highest BCUT2D eigenvalue weighted by molar-refractivity contribution is 6.19. The second-order valence-electron chi connectivity index (χ2n) is 3.13. The second-order valence-corrected chi connectivity index (χ2v) is 3.44. The summed E-state index contributed by atoms with van der Waals surface area (Å²) < 4.78 is 5.15. The van der Waals surface area contributed by atoms with Gasteiger partial charge >= 0.3 is 0 Å². The molecule has 1 unspecified atom stereocenters. The Kier molecular flexibility index (Phi) is 4.48. The lowest BCUT2D eigenvalue weighted by atomic mass is 10.2. The van der Waals surface area contributed by atoms with Gasteiger partial charge in [0.1, 0.15) is 0 Å². The third kappa shape index (κ3) is 3.50. The molecule has 1 amide bonds. The first kappa shape index (κ1) is 10.8. The van der Waals surface area contributed by atoms with Gasteiger partial charge in [0.05, 0.1) is 13.2 Å². The minimum absolute atomic E-state index is 0.0168. The lowest BCUT2D eigenvalue weighted by molar-refractivity contribution is -0.130. The number of halogens is 1. The van der Waals surface area contributed by atoms with Gasteiger partial charge in [-0.15, -0.1) is 11.6 Å². The van der Waals surface area contributed by atoms with Crippen LogP contribution in [0.15, 0.2) is 0 Å². The maximum Gasteiger partial charge on any atom is 0.238 e. The summed E-state index contributed by atoms with van der Waals surface area (Å²) >= 11 is 5.56. The number of rotatable bonds is 3. The van der Waals surface area contributed by atoms with Gasteiger partial charge in [-0.1, -0.05) is 6.92 Å². The molecule has 1 aliphatic heterocycles. The number of hydrogen-bond donors (Lipinski definition) is 1. The lowest BCUT2D eigenvalue weighted by Crippen LogP contribution is -2.50. The molecule has 0 aromatic heterocycles. The zero-order valence-electron chi connectivity index (χ0n) is 7.75. The van der Waals surface area contributed by atoms with Crippen molar-refractivity contribution in [1.29, 1.82) is 0 Å². The highest BCUT2D eigenvalue weighted by Crippen LogP contribution is 1.99. The number of nitrogens with one attached hydrogen (secondary N) is 1. The van der Waals surface area contributed by atoms with E-state index in [9.17, 15) is 4.79 Å². The molecule has 0 radical (unpaired) electrons. The molecule has 0 saturated carbocycles. The summed E-state index contributed by atoms with van der Waals surface area (Å²) in [6, 6.07) is 0. The van der Waals surface area contributed by atoms with E-state index in [2.05, 4.69) is 5.43 Å². The van der Waals surface area contributed by atoms with Gasteiger partial charge in [-0.2, -0.15) is 0 Å². The van der Waals surface area contributed by atoms with Gasteiger partial charge in [-0.05, 0) is 0 Å². The smallest absolute Gasteiger partial charge is 0.238 e. The number of hydrogen-bond acceptors (Lipinski definition) is 3. The van der Waals surface area contributed by atoms with Crippen molar-refractivity contribution in [3.63, 3.8) is 0 Å². The Morgan fingerprint density at radius 1 is 1.62 bits per heavy atom. The van der Waals surface area contributed by atoms with Crippen molar-refractivity contribution in [2.75, 3.05) is 32.2 Å². The fraction of sp³-hybridized carbons (Fsp3) is 0.875. The van der Waals surface area contributed by atoms with E-state index < -0.39 is 0 Å². The van der Waals surface area contributed by atoms with Crippen LogP contribution in [0.25, 0.3) is 0 Å². The zero-order valence-corrected chi connectivity index (χ0v) is 8.51. The summed E-state index contributed by atoms with van der Waals surface area (Å²) in [5.41, 5.74) is 2.80. The fourth-order valence-corrected chi connectivity index (χ4v) is 1.15. The number of carbonyl (C=O) groups is 1. The van der Waals surface area contributed by atoms with Crippen LogP contribution in [0.5, 0.6) is 0 Å². The molecule has 0 aromatic carbocycles. The highest BCUT2D eigenvalue weighted by atomic mass is 35.5. The van der Waals surface area contributed by atoms with Crippen LogP contribution in [-0.4, -0.2) is 43.1 Å². The average Bonchev–Trinajstić information content (AvgIpc) is 2.18. The highest BCUT2D eigenvalue weighted by Gasteiger charge is 2.16. The molecule has 1 atom stereocenters. The Bertz CT molecular complexity index is 172. The number of hydrazine groups is 1. The van der Waals surface area contributed by atoms with Crippen molar-refractivity contribution >= 4 is 17.5 Å². The number of ether oxygens (including phenoxy) is 1. The van der Waals surface area contributed by atoms with Crippen LogP contribution in [0.1, 0.15) is 6.92 Å². The van der Waals surface area contributed by atoms with Crippen LogP contribution in [0, 0.1) is 5.92 Å². The topological polar surface area (TPSA) is 41.6 Å². The Balaban J connectivity index is 2.26. The number of nitrogens with zero attached hydrogens (tertiary/aromatic N) is 1. The van der Waals surface area contributed by atoms with E-state index >= 15 is 0 Å². The van der Waals surface area contributed by atoms with E-state index in [4.69, 9.17) is 16.3 Å². The largest absolute Gasteiger partial charge is 0.379 e. The fourth-order valence-electron chi connectivity index (χ4n) is 1.01. The van der Waals surface area contributed by atoms with Crippen LogP contribution in [0.3, 0.4) is 0 Å². The summed E-state index contributed by atoms with van der Waals surface area (Å²) in [6.45, 7) is 4.66. The van der Waals surface area contributed by atoms with Crippen molar-refractivity contribution in [3.8, 4) is 0 Å². The Morgan fingerprint density at radius 3 is 2.77 bits per heavy atom. The molecule has 1 fully saturated rings. The van der Waals surface area contributed by atoms with Gasteiger partial charge < -0.3 is 4.74 Å². The maximum atomic E-state index is 11.4. The Hall–Kier alpha value is -0.320. The van der Waals surface area contributed by atoms with Crippen molar-refractivity contribution < 1.29 is 9.53 Å². The predicted octanol–water partition coefficient (Wildman–Crippen LogP) is 0.225. The molecule has 1 saturated heterocycles. The van der Waals surface area contributed by atoms with E-state index in [1.807, 2.05) is 11.9 Å². The van der Waals surface area contributed by atoms with Crippen LogP contribution in [0.2, 0.25) is 0 Å². The van der Waals surface area contributed by atoms with Gasteiger partial charge in [0.2, 0.25) is 5.91 Å². The number of alkyl halides is 1. The molecule has 5 heteroatoms. The van der Waals surface area contributed by atoms with Crippen molar-refractivity contribution in [2.45, 2.75) is 6.92 Å². The van der Waals surface area contributed by atoms with Gasteiger partial charge in [0.15, 0.2) is 0 Å². The van der Waals surface area contributed by atoms with Crippen molar-refractivity contribution in [1.82, 2.24) is 10.4 Å². The van der Waals surface area contributed by atoms with Crippen LogP contribution in [0.4, 0.5) is 0 Å².